The molecule has 10 heteroatoms. The number of nitrogens with zero attached hydrogens (tertiary/aromatic N) is 2. The Morgan fingerprint density at radius 3 is 2.43 bits per heavy atom. The largest absolute Gasteiger partial charge is 0.481 e. The number of aromatic amines is 1. The molecule has 0 radical (unpaired) electrons. The van der Waals surface area contributed by atoms with E-state index in [0.717, 1.165) is 4.90 Å². The summed E-state index contributed by atoms with van der Waals surface area (Å²) in [5.41, 5.74) is 0.578. The van der Waals surface area contributed by atoms with E-state index in [1.54, 1.807) is 6.92 Å². The number of likely N-dealkylation sites (tertiary alicyclic amines) is 1. The minimum Gasteiger partial charge on any atom is -0.481 e. The molecular weight excluding hydrogens is 315 g/mol. The third-order valence-electron chi connectivity index (χ3n) is 3.41. The molecular formula is C11H13ClF3N3O3. The van der Waals surface area contributed by atoms with Crippen LogP contribution in [-0.2, 0) is 4.79 Å². The predicted octanol–water partition coefficient (Wildman–Crippen LogP) is 1.48. The first-order chi connectivity index (χ1) is 9.21. The number of aliphatic carboxylic acids is 1. The Bertz CT molecular complexity index is 546. The monoisotopic (exact) mass is 327 g/mol. The number of alkyl halides is 3. The second-order valence-electron chi connectivity index (χ2n) is 4.71. The second kappa shape index (κ2) is 5.92. The number of carboxylic acid groups (broad SMARTS) is 1. The van der Waals surface area contributed by atoms with Crippen molar-refractivity contribution in [3.05, 3.63) is 17.5 Å². The minimum atomic E-state index is -4.65. The Kier molecular flexibility index (Phi) is 4.87. The highest BCUT2D eigenvalue weighted by Gasteiger charge is 2.53. The molecule has 0 aromatic carbocycles. The Morgan fingerprint density at radius 1 is 1.43 bits per heavy atom. The van der Waals surface area contributed by atoms with Crippen LogP contribution in [0.1, 0.15) is 16.1 Å². The van der Waals surface area contributed by atoms with Gasteiger partial charge in [-0.1, -0.05) is 0 Å². The molecule has 2 atom stereocenters. The molecule has 0 saturated carbocycles. The maximum Gasteiger partial charge on any atom is 0.394 e. The van der Waals surface area contributed by atoms with Crippen molar-refractivity contribution < 1.29 is 27.9 Å². The van der Waals surface area contributed by atoms with E-state index in [1.165, 1.54) is 6.20 Å². The number of aromatic nitrogens is 2. The number of aryl methyl sites for hydroxylation is 1. The third kappa shape index (κ3) is 3.29. The van der Waals surface area contributed by atoms with Gasteiger partial charge in [0.25, 0.3) is 5.91 Å². The van der Waals surface area contributed by atoms with Gasteiger partial charge in [0, 0.05) is 18.8 Å². The summed E-state index contributed by atoms with van der Waals surface area (Å²) in [6.45, 7) is 0.457. The highest BCUT2D eigenvalue weighted by Crippen LogP contribution is 2.38. The molecule has 118 valence electrons. The summed E-state index contributed by atoms with van der Waals surface area (Å²) in [4.78, 5) is 23.9. The highest BCUT2D eigenvalue weighted by atomic mass is 35.5. The quantitative estimate of drug-likeness (QED) is 0.861. The zero-order valence-electron chi connectivity index (χ0n) is 10.8. The summed E-state index contributed by atoms with van der Waals surface area (Å²) in [7, 11) is 0. The first kappa shape index (κ1) is 17.3. The highest BCUT2D eigenvalue weighted by molar-refractivity contribution is 5.95. The second-order valence-corrected chi connectivity index (χ2v) is 4.71. The molecule has 0 spiro atoms. The molecule has 1 aromatic rings. The molecule has 1 fully saturated rings. The Hall–Kier alpha value is -1.77. The van der Waals surface area contributed by atoms with Crippen molar-refractivity contribution in [1.82, 2.24) is 15.1 Å². The minimum absolute atomic E-state index is 0. The molecule has 1 amide bonds. The molecule has 1 aliphatic rings. The van der Waals surface area contributed by atoms with Crippen LogP contribution in [0.25, 0.3) is 0 Å². The van der Waals surface area contributed by atoms with Gasteiger partial charge in [-0.05, 0) is 6.92 Å². The van der Waals surface area contributed by atoms with Crippen LogP contribution in [0.2, 0.25) is 0 Å². The topological polar surface area (TPSA) is 86.3 Å². The van der Waals surface area contributed by atoms with Crippen LogP contribution in [0.5, 0.6) is 0 Å². The summed E-state index contributed by atoms with van der Waals surface area (Å²) >= 11 is 0. The average molecular weight is 328 g/mol. The fourth-order valence-corrected chi connectivity index (χ4v) is 2.29. The molecule has 1 aromatic heterocycles. The maximum absolute atomic E-state index is 12.8. The lowest BCUT2D eigenvalue weighted by molar-refractivity contribution is -0.187. The number of amides is 1. The Morgan fingerprint density at radius 2 is 2.05 bits per heavy atom. The van der Waals surface area contributed by atoms with E-state index in [0.29, 0.717) is 5.69 Å². The number of halogens is 4. The van der Waals surface area contributed by atoms with Crippen LogP contribution in [0, 0.1) is 18.8 Å². The summed E-state index contributed by atoms with van der Waals surface area (Å²) in [6, 6.07) is 0. The van der Waals surface area contributed by atoms with E-state index in [4.69, 9.17) is 5.11 Å². The van der Waals surface area contributed by atoms with Crippen molar-refractivity contribution in [1.29, 1.82) is 0 Å². The van der Waals surface area contributed by atoms with Crippen LogP contribution < -0.4 is 0 Å². The maximum atomic E-state index is 12.8. The van der Waals surface area contributed by atoms with E-state index in [2.05, 4.69) is 10.2 Å². The molecule has 21 heavy (non-hydrogen) atoms. The third-order valence-corrected chi connectivity index (χ3v) is 3.41. The van der Waals surface area contributed by atoms with E-state index < -0.39 is 43.0 Å². The van der Waals surface area contributed by atoms with Crippen molar-refractivity contribution in [3.8, 4) is 0 Å². The van der Waals surface area contributed by atoms with Gasteiger partial charge in [0.05, 0.1) is 23.6 Å². The van der Waals surface area contributed by atoms with Gasteiger partial charge < -0.3 is 10.0 Å². The van der Waals surface area contributed by atoms with Gasteiger partial charge in [0.15, 0.2) is 0 Å². The van der Waals surface area contributed by atoms with Gasteiger partial charge in [0.2, 0.25) is 0 Å². The van der Waals surface area contributed by atoms with E-state index in [-0.39, 0.29) is 18.0 Å². The van der Waals surface area contributed by atoms with Crippen molar-refractivity contribution in [3.63, 3.8) is 0 Å². The average Bonchev–Trinajstić information content (AvgIpc) is 2.92. The summed E-state index contributed by atoms with van der Waals surface area (Å²) in [5, 5.41) is 15.0. The normalized spacial score (nSPS) is 22.0. The number of carbonyl (C=O) groups excluding carboxylic acids is 1. The molecule has 0 bridgehead atoms. The van der Waals surface area contributed by atoms with Gasteiger partial charge in [-0.15, -0.1) is 12.4 Å². The molecule has 0 unspecified atom stereocenters. The van der Waals surface area contributed by atoms with Crippen LogP contribution in [0.15, 0.2) is 6.20 Å². The number of carboxylic acids is 1. The van der Waals surface area contributed by atoms with E-state index in [1.807, 2.05) is 0 Å². The Labute approximate surface area is 123 Å². The lowest BCUT2D eigenvalue weighted by atomic mass is 9.96. The predicted molar refractivity (Wildman–Crippen MR) is 67.1 cm³/mol. The van der Waals surface area contributed by atoms with Gasteiger partial charge >= 0.3 is 12.1 Å². The fraction of sp³-hybridized carbons (Fsp3) is 0.545. The first-order valence-corrected chi connectivity index (χ1v) is 5.80. The molecule has 2 rings (SSSR count). The number of carbonyl (C=O) groups is 2. The van der Waals surface area contributed by atoms with Crippen molar-refractivity contribution in [2.45, 2.75) is 13.1 Å². The van der Waals surface area contributed by atoms with Gasteiger partial charge in [-0.3, -0.25) is 14.7 Å². The standard InChI is InChI=1S/C11H12F3N3O3.ClH/c1-5-6(2-15-16-5)9(18)17-3-7(10(19)20)8(4-17)11(12,13)14;/h2,7-8H,3-4H2,1H3,(H,15,16)(H,19,20);1H/t7-,8-;/m1./s1. The number of hydrogen-bond acceptors (Lipinski definition) is 3. The molecule has 0 aliphatic carbocycles. The first-order valence-electron chi connectivity index (χ1n) is 5.80. The number of rotatable bonds is 2. The number of hydrogen-bond donors (Lipinski definition) is 2. The van der Waals surface area contributed by atoms with E-state index >= 15 is 0 Å². The smallest absolute Gasteiger partial charge is 0.394 e. The lowest BCUT2D eigenvalue weighted by Gasteiger charge is -2.18. The van der Waals surface area contributed by atoms with Crippen LogP contribution in [0.4, 0.5) is 13.2 Å². The summed E-state index contributed by atoms with van der Waals surface area (Å²) in [6.07, 6.45) is -3.43. The molecule has 2 heterocycles. The Balaban J connectivity index is 0.00000220. The number of H-pyrrole nitrogens is 1. The van der Waals surface area contributed by atoms with Gasteiger partial charge in [0.1, 0.15) is 0 Å². The SMILES string of the molecule is Cc1[nH]ncc1C(=O)N1C[C@@H](C(F)(F)F)[C@H](C(=O)O)C1.Cl. The van der Waals surface area contributed by atoms with Gasteiger partial charge in [-0.25, -0.2) is 0 Å². The zero-order valence-corrected chi connectivity index (χ0v) is 11.7. The van der Waals surface area contributed by atoms with E-state index in [9.17, 15) is 22.8 Å². The van der Waals surface area contributed by atoms with Crippen LogP contribution >= 0.6 is 12.4 Å². The molecule has 1 saturated heterocycles. The van der Waals surface area contributed by atoms with Crippen molar-refractivity contribution in [2.24, 2.45) is 11.8 Å². The lowest BCUT2D eigenvalue weighted by Crippen LogP contribution is -2.34. The molecule has 6 nitrogen and oxygen atoms in total. The van der Waals surface area contributed by atoms with Crippen molar-refractivity contribution >= 4 is 24.3 Å². The van der Waals surface area contributed by atoms with Crippen molar-refractivity contribution in [2.75, 3.05) is 13.1 Å². The molecule has 1 aliphatic heterocycles. The molecule has 2 N–H and O–H groups in total. The van der Waals surface area contributed by atoms with Gasteiger partial charge in [-0.2, -0.15) is 18.3 Å². The fourth-order valence-electron chi connectivity index (χ4n) is 2.29. The van der Waals surface area contributed by atoms with Crippen LogP contribution in [0.3, 0.4) is 0 Å². The van der Waals surface area contributed by atoms with Crippen LogP contribution in [-0.4, -0.2) is 51.3 Å². The zero-order chi connectivity index (χ0) is 15.1. The summed E-state index contributed by atoms with van der Waals surface area (Å²) in [5.74, 6) is -5.87. The summed E-state index contributed by atoms with van der Waals surface area (Å²) < 4.78 is 38.4. The number of nitrogens with one attached hydrogen (secondary N) is 1.